The van der Waals surface area contributed by atoms with E-state index >= 15 is 0 Å². The normalized spacial score (nSPS) is 13.7. The lowest BCUT2D eigenvalue weighted by Gasteiger charge is -2.35. The molecule has 0 saturated carbocycles. The third kappa shape index (κ3) is 3.75. The molecule has 0 aliphatic heterocycles. The van der Waals surface area contributed by atoms with E-state index in [2.05, 4.69) is 44.6 Å². The summed E-state index contributed by atoms with van der Waals surface area (Å²) in [5.41, 5.74) is 7.76. The fourth-order valence-electron chi connectivity index (χ4n) is 1.85. The van der Waals surface area contributed by atoms with Crippen LogP contribution in [-0.2, 0) is 6.54 Å². The second kappa shape index (κ2) is 5.76. The molecule has 100 valence electrons. The van der Waals surface area contributed by atoms with Crippen LogP contribution >= 0.6 is 12.2 Å². The standard InChI is InChI=1S/C14H23N3S/c1-10(14(2,3)4)17(5)9-11-7-6-8-16-12(11)13(15)18/h6-8,10H,9H2,1-5H3,(H2,15,18). The van der Waals surface area contributed by atoms with Crippen molar-refractivity contribution < 1.29 is 0 Å². The van der Waals surface area contributed by atoms with Crippen molar-refractivity contribution >= 4 is 17.2 Å². The van der Waals surface area contributed by atoms with Gasteiger partial charge in [-0.05, 0) is 31.0 Å². The average Bonchev–Trinajstić information content (AvgIpc) is 2.27. The van der Waals surface area contributed by atoms with E-state index in [1.54, 1.807) is 6.20 Å². The van der Waals surface area contributed by atoms with Crippen molar-refractivity contribution in [1.29, 1.82) is 0 Å². The van der Waals surface area contributed by atoms with Crippen LogP contribution in [0.3, 0.4) is 0 Å². The first-order valence-electron chi connectivity index (χ1n) is 6.17. The molecule has 0 radical (unpaired) electrons. The highest BCUT2D eigenvalue weighted by atomic mass is 32.1. The molecule has 1 rings (SSSR count). The van der Waals surface area contributed by atoms with Gasteiger partial charge >= 0.3 is 0 Å². The zero-order valence-corrected chi connectivity index (χ0v) is 12.7. The molecule has 2 N–H and O–H groups in total. The van der Waals surface area contributed by atoms with E-state index in [4.69, 9.17) is 18.0 Å². The van der Waals surface area contributed by atoms with Crippen LogP contribution in [0.25, 0.3) is 0 Å². The summed E-state index contributed by atoms with van der Waals surface area (Å²) in [5, 5.41) is 0. The first-order valence-corrected chi connectivity index (χ1v) is 6.58. The number of pyridine rings is 1. The van der Waals surface area contributed by atoms with Crippen LogP contribution in [0.2, 0.25) is 0 Å². The Morgan fingerprint density at radius 1 is 1.50 bits per heavy atom. The number of nitrogens with zero attached hydrogens (tertiary/aromatic N) is 2. The molecule has 3 nitrogen and oxygen atoms in total. The van der Waals surface area contributed by atoms with Gasteiger partial charge in [0.1, 0.15) is 10.7 Å². The van der Waals surface area contributed by atoms with Gasteiger partial charge in [-0.3, -0.25) is 9.88 Å². The molecule has 1 atom stereocenters. The van der Waals surface area contributed by atoms with Crippen molar-refractivity contribution in [2.45, 2.75) is 40.3 Å². The summed E-state index contributed by atoms with van der Waals surface area (Å²) in [6, 6.07) is 4.41. The summed E-state index contributed by atoms with van der Waals surface area (Å²) in [5.74, 6) is 0. The van der Waals surface area contributed by atoms with Crippen molar-refractivity contribution in [2.75, 3.05) is 7.05 Å². The van der Waals surface area contributed by atoms with Gasteiger partial charge in [0.25, 0.3) is 0 Å². The summed E-state index contributed by atoms with van der Waals surface area (Å²) in [4.78, 5) is 6.93. The Morgan fingerprint density at radius 3 is 2.61 bits per heavy atom. The van der Waals surface area contributed by atoms with Gasteiger partial charge in [-0.1, -0.05) is 39.1 Å². The Bertz CT molecular complexity index is 423. The molecule has 4 heteroatoms. The molecule has 0 aliphatic carbocycles. The minimum Gasteiger partial charge on any atom is -0.388 e. The Hall–Kier alpha value is -1.00. The lowest BCUT2D eigenvalue weighted by atomic mass is 9.87. The fourth-order valence-corrected chi connectivity index (χ4v) is 2.04. The summed E-state index contributed by atoms with van der Waals surface area (Å²) < 4.78 is 0. The van der Waals surface area contributed by atoms with Gasteiger partial charge in [0.2, 0.25) is 0 Å². The second-order valence-corrected chi connectivity index (χ2v) is 6.27. The van der Waals surface area contributed by atoms with Crippen LogP contribution in [0.4, 0.5) is 0 Å². The van der Waals surface area contributed by atoms with Crippen LogP contribution < -0.4 is 5.73 Å². The van der Waals surface area contributed by atoms with Gasteiger partial charge in [0.05, 0.1) is 0 Å². The van der Waals surface area contributed by atoms with Crippen molar-refractivity contribution in [1.82, 2.24) is 9.88 Å². The Labute approximate surface area is 115 Å². The van der Waals surface area contributed by atoms with Gasteiger partial charge < -0.3 is 5.73 Å². The lowest BCUT2D eigenvalue weighted by molar-refractivity contribution is 0.134. The van der Waals surface area contributed by atoms with E-state index in [0.29, 0.717) is 11.0 Å². The summed E-state index contributed by atoms with van der Waals surface area (Å²) in [6.45, 7) is 9.76. The van der Waals surface area contributed by atoms with Gasteiger partial charge in [0, 0.05) is 18.8 Å². The number of nitrogens with two attached hydrogens (primary N) is 1. The highest BCUT2D eigenvalue weighted by Crippen LogP contribution is 2.24. The number of rotatable bonds is 4. The molecule has 18 heavy (non-hydrogen) atoms. The van der Waals surface area contributed by atoms with Crippen LogP contribution in [0.15, 0.2) is 18.3 Å². The molecule has 0 aromatic carbocycles. The molecule has 0 amide bonds. The molecule has 0 fully saturated rings. The van der Waals surface area contributed by atoms with Crippen molar-refractivity contribution in [3.8, 4) is 0 Å². The summed E-state index contributed by atoms with van der Waals surface area (Å²) in [7, 11) is 2.12. The molecule has 0 aliphatic rings. The molecule has 1 aromatic rings. The van der Waals surface area contributed by atoms with Crippen molar-refractivity contribution in [3.63, 3.8) is 0 Å². The predicted octanol–water partition coefficient (Wildman–Crippen LogP) is 2.58. The quantitative estimate of drug-likeness (QED) is 0.850. The maximum absolute atomic E-state index is 5.70. The highest BCUT2D eigenvalue weighted by molar-refractivity contribution is 7.80. The summed E-state index contributed by atoms with van der Waals surface area (Å²) >= 11 is 5.04. The van der Waals surface area contributed by atoms with Gasteiger partial charge in [-0.2, -0.15) is 0 Å². The Balaban J connectivity index is 2.88. The molecular weight excluding hydrogens is 242 g/mol. The molecule has 1 unspecified atom stereocenters. The van der Waals surface area contributed by atoms with Crippen LogP contribution in [0.5, 0.6) is 0 Å². The highest BCUT2D eigenvalue weighted by Gasteiger charge is 2.24. The van der Waals surface area contributed by atoms with Crippen LogP contribution in [0, 0.1) is 5.41 Å². The first kappa shape index (κ1) is 15.1. The minimum absolute atomic E-state index is 0.236. The smallest absolute Gasteiger partial charge is 0.123 e. The monoisotopic (exact) mass is 265 g/mol. The molecule has 0 saturated heterocycles. The van der Waals surface area contributed by atoms with E-state index in [-0.39, 0.29) is 5.41 Å². The van der Waals surface area contributed by atoms with Gasteiger partial charge in [-0.15, -0.1) is 0 Å². The van der Waals surface area contributed by atoms with Gasteiger partial charge in [-0.25, -0.2) is 0 Å². The second-order valence-electron chi connectivity index (χ2n) is 5.83. The number of hydrogen-bond acceptors (Lipinski definition) is 3. The fraction of sp³-hybridized carbons (Fsp3) is 0.571. The lowest BCUT2D eigenvalue weighted by Crippen LogP contribution is -2.39. The molecule has 1 aromatic heterocycles. The molecule has 0 spiro atoms. The zero-order valence-electron chi connectivity index (χ0n) is 11.9. The van der Waals surface area contributed by atoms with E-state index in [1.165, 1.54) is 0 Å². The minimum atomic E-state index is 0.236. The molecule has 0 bridgehead atoms. The van der Waals surface area contributed by atoms with Crippen LogP contribution in [-0.4, -0.2) is 28.0 Å². The van der Waals surface area contributed by atoms with Gasteiger partial charge in [0.15, 0.2) is 0 Å². The van der Waals surface area contributed by atoms with Crippen molar-refractivity contribution in [3.05, 3.63) is 29.6 Å². The number of aromatic nitrogens is 1. The SMILES string of the molecule is CC(N(C)Cc1cccnc1C(N)=S)C(C)(C)C. The third-order valence-corrected chi connectivity index (χ3v) is 3.65. The number of thiocarbonyl (C=S) groups is 1. The molecule has 1 heterocycles. The predicted molar refractivity (Wildman–Crippen MR) is 80.5 cm³/mol. The van der Waals surface area contributed by atoms with E-state index in [9.17, 15) is 0 Å². The van der Waals surface area contributed by atoms with Crippen LogP contribution in [0.1, 0.15) is 39.0 Å². The topological polar surface area (TPSA) is 42.2 Å². The average molecular weight is 265 g/mol. The van der Waals surface area contributed by atoms with E-state index in [1.807, 2.05) is 12.1 Å². The first-order chi connectivity index (χ1) is 8.23. The van der Waals surface area contributed by atoms with E-state index < -0.39 is 0 Å². The Kier molecular flexibility index (Phi) is 4.82. The van der Waals surface area contributed by atoms with E-state index in [0.717, 1.165) is 17.8 Å². The molecular formula is C14H23N3S. The summed E-state index contributed by atoms with van der Waals surface area (Å²) in [6.07, 6.45) is 1.73. The zero-order chi connectivity index (χ0) is 13.9. The third-order valence-electron chi connectivity index (χ3n) is 3.46. The maximum Gasteiger partial charge on any atom is 0.123 e. The number of hydrogen-bond donors (Lipinski definition) is 1. The maximum atomic E-state index is 5.70. The Morgan fingerprint density at radius 2 is 2.11 bits per heavy atom. The van der Waals surface area contributed by atoms with Crippen molar-refractivity contribution in [2.24, 2.45) is 11.1 Å². The largest absolute Gasteiger partial charge is 0.388 e.